The number of carbonyl (C=O) groups is 1. The van der Waals surface area contributed by atoms with Crippen LogP contribution in [0.2, 0.25) is 0 Å². The van der Waals surface area contributed by atoms with Crippen LogP contribution in [0.5, 0.6) is 0 Å². The zero-order valence-corrected chi connectivity index (χ0v) is 10.3. The van der Waals surface area contributed by atoms with Crippen molar-refractivity contribution < 1.29 is 9.18 Å². The molecule has 98 valence electrons. The number of nitrogens with one attached hydrogen (secondary N) is 2. The average Bonchev–Trinajstić information content (AvgIpc) is 2.86. The van der Waals surface area contributed by atoms with E-state index in [0.717, 1.165) is 25.0 Å². The number of hydrogen-bond acceptors (Lipinski definition) is 2. The quantitative estimate of drug-likeness (QED) is 0.864. The number of carbonyl (C=O) groups excluding carboxylic acids is 1. The van der Waals surface area contributed by atoms with Crippen molar-refractivity contribution in [1.29, 1.82) is 0 Å². The fourth-order valence-corrected chi connectivity index (χ4v) is 2.43. The second kappa shape index (κ2) is 4.84. The van der Waals surface area contributed by atoms with Gasteiger partial charge in [-0.3, -0.25) is 9.89 Å². The molecule has 1 heterocycles. The molecule has 1 atom stereocenters. The highest BCUT2D eigenvalue weighted by atomic mass is 19.1. The summed E-state index contributed by atoms with van der Waals surface area (Å²) in [6, 6.07) is 5.80. The van der Waals surface area contributed by atoms with Gasteiger partial charge in [-0.1, -0.05) is 6.07 Å². The molecule has 0 radical (unpaired) electrons. The number of nitrogens with zero attached hydrogens (tertiary/aromatic N) is 1. The molecule has 0 aliphatic heterocycles. The van der Waals surface area contributed by atoms with E-state index in [1.165, 1.54) is 23.8 Å². The second-order valence-electron chi connectivity index (χ2n) is 4.80. The molecule has 19 heavy (non-hydrogen) atoms. The predicted octanol–water partition coefficient (Wildman–Crippen LogP) is 1.84. The first-order valence-corrected chi connectivity index (χ1v) is 6.30. The van der Waals surface area contributed by atoms with Gasteiger partial charge in [-0.25, -0.2) is 4.39 Å². The van der Waals surface area contributed by atoms with Gasteiger partial charge in [-0.15, -0.1) is 0 Å². The molecular weight excluding hydrogens is 245 g/mol. The van der Waals surface area contributed by atoms with Crippen LogP contribution < -0.4 is 5.32 Å². The summed E-state index contributed by atoms with van der Waals surface area (Å²) in [7, 11) is 0. The van der Waals surface area contributed by atoms with Crippen LogP contribution >= 0.6 is 0 Å². The zero-order valence-electron chi connectivity index (χ0n) is 10.3. The third-order valence-electron chi connectivity index (χ3n) is 3.44. The third-order valence-corrected chi connectivity index (χ3v) is 3.44. The molecule has 1 aliphatic rings. The number of hydrogen-bond donors (Lipinski definition) is 2. The minimum absolute atomic E-state index is 0.0729. The number of aryl methyl sites for hydroxylation is 1. The molecule has 1 amide bonds. The number of fused-ring (bicyclic) bond motifs is 1. The molecule has 3 rings (SSSR count). The van der Waals surface area contributed by atoms with Gasteiger partial charge in [0.1, 0.15) is 5.82 Å². The molecule has 1 aromatic heterocycles. The van der Waals surface area contributed by atoms with Crippen molar-refractivity contribution >= 4 is 5.91 Å². The van der Waals surface area contributed by atoms with Crippen molar-refractivity contribution in [3.05, 3.63) is 53.1 Å². The number of amides is 1. The highest BCUT2D eigenvalue weighted by molar-refractivity contribution is 5.94. The number of rotatable bonds is 2. The first kappa shape index (κ1) is 11.9. The Morgan fingerprint density at radius 1 is 1.47 bits per heavy atom. The molecule has 0 bridgehead atoms. The Hall–Kier alpha value is -2.17. The lowest BCUT2D eigenvalue weighted by Crippen LogP contribution is -2.38. The van der Waals surface area contributed by atoms with Crippen molar-refractivity contribution in [3.63, 3.8) is 0 Å². The van der Waals surface area contributed by atoms with Gasteiger partial charge < -0.3 is 5.32 Å². The second-order valence-corrected chi connectivity index (χ2v) is 4.80. The molecule has 2 N–H and O–H groups in total. The number of benzene rings is 1. The smallest absolute Gasteiger partial charge is 0.251 e. The Labute approximate surface area is 110 Å². The normalized spacial score (nSPS) is 17.8. The molecule has 2 aromatic rings. The molecule has 1 aromatic carbocycles. The van der Waals surface area contributed by atoms with Gasteiger partial charge in [0.25, 0.3) is 5.91 Å². The van der Waals surface area contributed by atoms with E-state index in [4.69, 9.17) is 0 Å². The van der Waals surface area contributed by atoms with Crippen LogP contribution in [0.25, 0.3) is 0 Å². The Kier molecular flexibility index (Phi) is 3.03. The van der Waals surface area contributed by atoms with Gasteiger partial charge in [0, 0.05) is 23.7 Å². The maximum atomic E-state index is 13.1. The van der Waals surface area contributed by atoms with E-state index < -0.39 is 5.82 Å². The van der Waals surface area contributed by atoms with E-state index in [9.17, 15) is 9.18 Å². The minimum atomic E-state index is -0.396. The van der Waals surface area contributed by atoms with Gasteiger partial charge in [0.2, 0.25) is 0 Å². The Morgan fingerprint density at radius 2 is 2.37 bits per heavy atom. The van der Waals surface area contributed by atoms with Crippen LogP contribution in [0.15, 0.2) is 30.5 Å². The van der Waals surface area contributed by atoms with Gasteiger partial charge >= 0.3 is 0 Å². The first-order valence-electron chi connectivity index (χ1n) is 6.30. The maximum Gasteiger partial charge on any atom is 0.251 e. The average molecular weight is 259 g/mol. The van der Waals surface area contributed by atoms with Crippen LogP contribution in [0.1, 0.15) is 28.0 Å². The lowest BCUT2D eigenvalue weighted by molar-refractivity contribution is 0.0933. The van der Waals surface area contributed by atoms with E-state index in [0.29, 0.717) is 5.56 Å². The fourth-order valence-electron chi connectivity index (χ4n) is 2.43. The van der Waals surface area contributed by atoms with Crippen LogP contribution in [-0.2, 0) is 12.8 Å². The van der Waals surface area contributed by atoms with E-state index in [1.54, 1.807) is 6.07 Å². The van der Waals surface area contributed by atoms with E-state index in [1.807, 2.05) is 6.20 Å². The molecule has 0 saturated carbocycles. The molecule has 5 heteroatoms. The largest absolute Gasteiger partial charge is 0.349 e. The van der Waals surface area contributed by atoms with Gasteiger partial charge in [-0.05, 0) is 36.6 Å². The summed E-state index contributed by atoms with van der Waals surface area (Å²) < 4.78 is 13.1. The number of halogens is 1. The molecule has 1 unspecified atom stereocenters. The van der Waals surface area contributed by atoms with Crippen LogP contribution in [0.4, 0.5) is 4.39 Å². The summed E-state index contributed by atoms with van der Waals surface area (Å²) in [5, 5.41) is 9.89. The van der Waals surface area contributed by atoms with Crippen LogP contribution in [-0.4, -0.2) is 22.1 Å². The van der Waals surface area contributed by atoms with E-state index in [2.05, 4.69) is 15.5 Å². The summed E-state index contributed by atoms with van der Waals surface area (Å²) in [5.74, 6) is -0.625. The number of aromatic amines is 1. The summed E-state index contributed by atoms with van der Waals surface area (Å²) in [4.78, 5) is 12.0. The number of aromatic nitrogens is 2. The van der Waals surface area contributed by atoms with Crippen molar-refractivity contribution in [2.75, 3.05) is 0 Å². The molecule has 4 nitrogen and oxygen atoms in total. The van der Waals surface area contributed by atoms with Crippen molar-refractivity contribution in [3.8, 4) is 0 Å². The van der Waals surface area contributed by atoms with Crippen molar-refractivity contribution in [2.45, 2.75) is 25.3 Å². The standard InChI is InChI=1S/C14H14FN3O/c15-11-3-1-2-9(6-11)14(19)17-12-5-4-10-8-16-18-13(10)7-12/h1-3,6,8,12H,4-5,7H2,(H,16,18)(H,17,19). The summed E-state index contributed by atoms with van der Waals surface area (Å²) in [6.07, 6.45) is 4.36. The van der Waals surface area contributed by atoms with Crippen molar-refractivity contribution in [1.82, 2.24) is 15.5 Å². The molecule has 0 fully saturated rings. The first-order chi connectivity index (χ1) is 9.22. The topological polar surface area (TPSA) is 57.8 Å². The molecular formula is C14H14FN3O. The van der Waals surface area contributed by atoms with Gasteiger partial charge in [-0.2, -0.15) is 5.10 Å². The highest BCUT2D eigenvalue weighted by Gasteiger charge is 2.21. The minimum Gasteiger partial charge on any atom is -0.349 e. The molecule has 0 spiro atoms. The van der Waals surface area contributed by atoms with Gasteiger partial charge in [0.15, 0.2) is 0 Å². The predicted molar refractivity (Wildman–Crippen MR) is 68.3 cm³/mol. The summed E-state index contributed by atoms with van der Waals surface area (Å²) in [5.41, 5.74) is 2.66. The fraction of sp³-hybridized carbons (Fsp3) is 0.286. The third kappa shape index (κ3) is 2.50. The highest BCUT2D eigenvalue weighted by Crippen LogP contribution is 2.19. The summed E-state index contributed by atoms with van der Waals surface area (Å²) in [6.45, 7) is 0. The van der Waals surface area contributed by atoms with Gasteiger partial charge in [0.05, 0.1) is 6.20 Å². The summed E-state index contributed by atoms with van der Waals surface area (Å²) >= 11 is 0. The van der Waals surface area contributed by atoms with E-state index >= 15 is 0 Å². The Bertz CT molecular complexity index is 608. The Morgan fingerprint density at radius 3 is 3.21 bits per heavy atom. The number of H-pyrrole nitrogens is 1. The Balaban J connectivity index is 1.68. The van der Waals surface area contributed by atoms with Crippen LogP contribution in [0.3, 0.4) is 0 Å². The lowest BCUT2D eigenvalue weighted by atomic mass is 9.93. The van der Waals surface area contributed by atoms with Crippen LogP contribution in [0, 0.1) is 5.82 Å². The maximum absolute atomic E-state index is 13.1. The lowest BCUT2D eigenvalue weighted by Gasteiger charge is -2.22. The van der Waals surface area contributed by atoms with E-state index in [-0.39, 0.29) is 11.9 Å². The van der Waals surface area contributed by atoms with Crippen molar-refractivity contribution in [2.24, 2.45) is 0 Å². The zero-order chi connectivity index (χ0) is 13.2. The SMILES string of the molecule is O=C(NC1CCc2cn[nH]c2C1)c1cccc(F)c1. The molecule has 0 saturated heterocycles. The molecule has 1 aliphatic carbocycles. The monoisotopic (exact) mass is 259 g/mol.